The molecule has 0 saturated carbocycles. The van der Waals surface area contributed by atoms with Gasteiger partial charge in [-0.2, -0.15) is 0 Å². The molecular weight excluding hydrogens is 514 g/mol. The van der Waals surface area contributed by atoms with E-state index < -0.39 is 0 Å². The van der Waals surface area contributed by atoms with Gasteiger partial charge in [-0.05, 0) is 0 Å². The van der Waals surface area contributed by atoms with E-state index in [2.05, 4.69) is 8.81 Å². The van der Waals surface area contributed by atoms with Crippen LogP contribution in [0.25, 0.3) is 0 Å². The number of amides is 1. The summed E-state index contributed by atoms with van der Waals surface area (Å²) in [5, 5.41) is 2.81. The normalized spacial score (nSPS) is 11.8. The monoisotopic (exact) mass is 524 g/mol. The second-order valence-corrected chi connectivity index (χ2v) is 4.78. The standard InChI is InChI=1S/C6H11N3O2.2W/c1-8-5(4-10)3-9-6(11)2-7;;/h4-5,8H,2-3H2,1H3,(H,9,11);;/q;;+2/p-1. The number of carbonyl (C=O) groups is 2. The van der Waals surface area contributed by atoms with Gasteiger partial charge in [-0.25, -0.2) is 0 Å². The van der Waals surface area contributed by atoms with Gasteiger partial charge in [-0.3, -0.25) is 0 Å². The summed E-state index contributed by atoms with van der Waals surface area (Å²) < 4.78 is 5.40. The fraction of sp³-hybridized carbons (Fsp3) is 0.667. The van der Waals surface area contributed by atoms with Gasteiger partial charge in [0.25, 0.3) is 0 Å². The summed E-state index contributed by atoms with van der Waals surface area (Å²) in [5.41, 5.74) is 0. The maximum atomic E-state index is 11.2. The van der Waals surface area contributed by atoms with Crippen molar-refractivity contribution in [2.75, 3.05) is 20.1 Å². The van der Waals surface area contributed by atoms with Crippen LogP contribution in [-0.4, -0.2) is 41.5 Å². The molecule has 1 atom stereocenters. The van der Waals surface area contributed by atoms with E-state index in [1.165, 1.54) is 0 Å². The van der Waals surface area contributed by atoms with Crippen LogP contribution in [0.3, 0.4) is 0 Å². The number of carbonyl (C=O) groups excluding carboxylic acids is 2. The first-order valence-electron chi connectivity index (χ1n) is 3.54. The molecule has 0 spiro atoms. The van der Waals surface area contributed by atoms with Crippen molar-refractivity contribution in [1.82, 2.24) is 5.32 Å². The Morgan fingerprint density at radius 3 is 2.77 bits per heavy atom. The molecule has 0 aliphatic heterocycles. The Kier molecular flexibility index (Phi) is 7.82. The summed E-state index contributed by atoms with van der Waals surface area (Å²) >= 11 is 2.09. The predicted octanol–water partition coefficient (Wildman–Crippen LogP) is -1.23. The van der Waals surface area contributed by atoms with Gasteiger partial charge >= 0.3 is 99.1 Å². The second kappa shape index (κ2) is 7.66. The van der Waals surface area contributed by atoms with Gasteiger partial charge in [0.15, 0.2) is 0 Å². The van der Waals surface area contributed by atoms with Crippen molar-refractivity contribution in [2.45, 2.75) is 6.04 Å². The molecule has 1 unspecified atom stereocenters. The van der Waals surface area contributed by atoms with Gasteiger partial charge in [0.2, 0.25) is 0 Å². The third-order valence-corrected chi connectivity index (χ3v) is 3.11. The number of nitrogens with zero attached hydrogens (tertiary/aromatic N) is 2. The van der Waals surface area contributed by atoms with Gasteiger partial charge in [-0.15, -0.1) is 0 Å². The van der Waals surface area contributed by atoms with E-state index in [1.54, 1.807) is 10.1 Å². The van der Waals surface area contributed by atoms with E-state index in [0.717, 1.165) is 45.5 Å². The minimum absolute atomic E-state index is 0.0212. The molecule has 0 rings (SSSR count). The number of likely N-dealkylation sites (N-methyl/N-ethyl adjacent to an activating group) is 1. The van der Waals surface area contributed by atoms with Crippen LogP contribution < -0.4 is 5.32 Å². The van der Waals surface area contributed by atoms with Crippen molar-refractivity contribution in [3.05, 3.63) is 0 Å². The average molecular weight is 524 g/mol. The van der Waals surface area contributed by atoms with Crippen LogP contribution in [0.5, 0.6) is 0 Å². The molecule has 0 radical (unpaired) electrons. The fourth-order valence-corrected chi connectivity index (χ4v) is 1.80. The van der Waals surface area contributed by atoms with Crippen molar-refractivity contribution < 1.29 is 51.9 Å². The Morgan fingerprint density at radius 1 is 1.77 bits per heavy atom. The molecule has 0 heterocycles. The van der Waals surface area contributed by atoms with Gasteiger partial charge in [0.05, 0.1) is 0 Å². The fourth-order valence-electron chi connectivity index (χ4n) is 0.617. The van der Waals surface area contributed by atoms with Crippen LogP contribution in [0.1, 0.15) is 0 Å². The molecule has 1 N–H and O–H groups in total. The third kappa shape index (κ3) is 5.56. The van der Waals surface area contributed by atoms with E-state index in [1.807, 2.05) is 0 Å². The number of nitrogens with one attached hydrogen (secondary N) is 1. The minimum atomic E-state index is -0.273. The molecule has 0 saturated heterocycles. The summed E-state index contributed by atoms with van der Waals surface area (Å²) in [6.07, 6.45) is 0.803. The molecule has 7 heteroatoms. The third-order valence-electron chi connectivity index (χ3n) is 1.38. The molecule has 0 aromatic heterocycles. The summed E-state index contributed by atoms with van der Waals surface area (Å²) in [4.78, 5) is 21.7. The number of rotatable bonds is 6. The Bertz CT molecular complexity index is 232. The SMILES string of the molecule is CNC(C=O)C[N+](=[W])C(=O)C[N]=[W]. The predicted molar refractivity (Wildman–Crippen MR) is 36.3 cm³/mol. The van der Waals surface area contributed by atoms with Crippen LogP contribution in [0.4, 0.5) is 0 Å². The zero-order valence-electron chi connectivity index (χ0n) is 7.10. The van der Waals surface area contributed by atoms with E-state index in [4.69, 9.17) is 0 Å². The summed E-state index contributed by atoms with van der Waals surface area (Å²) in [6, 6.07) is -0.273. The Morgan fingerprint density at radius 2 is 2.38 bits per heavy atom. The van der Waals surface area contributed by atoms with Gasteiger partial charge < -0.3 is 0 Å². The van der Waals surface area contributed by atoms with E-state index in [-0.39, 0.29) is 18.5 Å². The van der Waals surface area contributed by atoms with Crippen LogP contribution >= 0.6 is 0 Å². The zero-order chi connectivity index (χ0) is 10.3. The first kappa shape index (κ1) is 13.3. The first-order valence-corrected chi connectivity index (χ1v) is 6.17. The van der Waals surface area contributed by atoms with Crippen LogP contribution in [0.2, 0.25) is 0 Å². The first-order chi connectivity index (χ1) is 6.15. The quantitative estimate of drug-likeness (QED) is 0.444. The molecule has 0 aromatic rings. The maximum absolute atomic E-state index is 11.2. The van der Waals surface area contributed by atoms with Gasteiger partial charge in [0, 0.05) is 0 Å². The van der Waals surface area contributed by atoms with Gasteiger partial charge in [0.1, 0.15) is 0 Å². The van der Waals surface area contributed by atoms with E-state index in [0.29, 0.717) is 6.54 Å². The molecule has 13 heavy (non-hydrogen) atoms. The van der Waals surface area contributed by atoms with Gasteiger partial charge in [-0.1, -0.05) is 0 Å². The van der Waals surface area contributed by atoms with E-state index in [9.17, 15) is 9.59 Å². The van der Waals surface area contributed by atoms with Crippen molar-refractivity contribution in [3.63, 3.8) is 0 Å². The molecule has 0 aliphatic rings. The molecular formula is C6H10N3O2W2+. The number of aldehydes is 1. The van der Waals surface area contributed by atoms with Crippen molar-refractivity contribution >= 4 is 12.2 Å². The van der Waals surface area contributed by atoms with Crippen molar-refractivity contribution in [3.8, 4) is 0 Å². The molecule has 0 fully saturated rings. The van der Waals surface area contributed by atoms with Crippen molar-refractivity contribution in [1.29, 1.82) is 0 Å². The summed E-state index contributed by atoms with van der Waals surface area (Å²) in [6.45, 7) is 0.660. The average Bonchev–Trinajstić information content (AvgIpc) is 2.14. The second-order valence-electron chi connectivity index (χ2n) is 2.27. The number of hydrogen-bond donors (Lipinski definition) is 1. The topological polar surface area (TPSA) is 61.5 Å². The zero-order valence-corrected chi connectivity index (χ0v) is 13.0. The Balaban J connectivity index is 4.04. The number of hydrogen-bond acceptors (Lipinski definition) is 4. The molecule has 1 amide bonds. The molecule has 0 aliphatic carbocycles. The molecule has 0 bridgehead atoms. The molecule has 5 nitrogen and oxygen atoms in total. The van der Waals surface area contributed by atoms with Crippen LogP contribution in [0, 0.1) is 0 Å². The Hall–Kier alpha value is 0.277. The summed E-state index contributed by atoms with van der Waals surface area (Å²) in [5.74, 6) is -0.0212. The molecule has 0 aromatic carbocycles. The molecule has 72 valence electrons. The van der Waals surface area contributed by atoms with E-state index >= 15 is 0 Å². The van der Waals surface area contributed by atoms with Crippen molar-refractivity contribution in [2.24, 2.45) is 3.50 Å². The van der Waals surface area contributed by atoms with Crippen LogP contribution in [0.15, 0.2) is 3.50 Å². The Labute approximate surface area is 98.8 Å². The van der Waals surface area contributed by atoms with Crippen LogP contribution in [-0.2, 0) is 48.9 Å². The summed E-state index contributed by atoms with van der Waals surface area (Å²) in [7, 11) is 1.70.